The molecule has 166 valence electrons. The van der Waals surface area contributed by atoms with Gasteiger partial charge < -0.3 is 4.74 Å². The van der Waals surface area contributed by atoms with Crippen molar-refractivity contribution in [1.82, 2.24) is 4.31 Å². The first-order valence-electron chi connectivity index (χ1n) is 9.84. The highest BCUT2D eigenvalue weighted by Crippen LogP contribution is 2.36. The van der Waals surface area contributed by atoms with Gasteiger partial charge in [0.25, 0.3) is 5.91 Å². The number of imide groups is 1. The summed E-state index contributed by atoms with van der Waals surface area (Å²) >= 11 is 0. The number of rotatable bonds is 7. The van der Waals surface area contributed by atoms with Crippen LogP contribution in [0.15, 0.2) is 53.4 Å². The molecule has 2 amide bonds. The molecule has 0 N–H and O–H groups in total. The van der Waals surface area contributed by atoms with Crippen LogP contribution in [-0.4, -0.2) is 43.2 Å². The molecule has 0 aromatic heterocycles. The summed E-state index contributed by atoms with van der Waals surface area (Å²) in [4.78, 5) is 26.9. The summed E-state index contributed by atoms with van der Waals surface area (Å²) in [5.74, 6) is -1.20. The standard InChI is InChI=1S/C22H25FN2O5S/c1-5-22(2,3)25(31(28,29)18-12-10-17(30-4)11-13-18)19-14-20(26)24(21(19)27)16-8-6-15(23)7-9-16/h6-13,19H,5,14H2,1-4H3. The van der Waals surface area contributed by atoms with Crippen molar-refractivity contribution in [3.63, 3.8) is 0 Å². The number of methoxy groups -OCH3 is 1. The highest BCUT2D eigenvalue weighted by molar-refractivity contribution is 7.89. The molecule has 31 heavy (non-hydrogen) atoms. The minimum absolute atomic E-state index is 0.00435. The fraction of sp³-hybridized carbons (Fsp3) is 0.364. The van der Waals surface area contributed by atoms with E-state index in [9.17, 15) is 22.4 Å². The topological polar surface area (TPSA) is 84.0 Å². The molecule has 1 atom stereocenters. The van der Waals surface area contributed by atoms with Gasteiger partial charge in [-0.2, -0.15) is 4.31 Å². The zero-order chi connectivity index (χ0) is 23.0. The number of sulfonamides is 1. The van der Waals surface area contributed by atoms with E-state index < -0.39 is 39.2 Å². The van der Waals surface area contributed by atoms with Gasteiger partial charge in [0.05, 0.1) is 24.1 Å². The lowest BCUT2D eigenvalue weighted by Gasteiger charge is -2.39. The number of carbonyl (C=O) groups excluding carboxylic acids is 2. The van der Waals surface area contributed by atoms with Gasteiger partial charge in [-0.1, -0.05) is 6.92 Å². The fourth-order valence-corrected chi connectivity index (χ4v) is 5.58. The quantitative estimate of drug-likeness (QED) is 0.607. The molecule has 2 aromatic carbocycles. The van der Waals surface area contributed by atoms with Crippen LogP contribution in [0.25, 0.3) is 0 Å². The van der Waals surface area contributed by atoms with Crippen molar-refractivity contribution in [2.24, 2.45) is 0 Å². The maximum Gasteiger partial charge on any atom is 0.252 e. The summed E-state index contributed by atoms with van der Waals surface area (Å²) in [6.45, 7) is 5.24. The van der Waals surface area contributed by atoms with Crippen molar-refractivity contribution in [2.75, 3.05) is 12.0 Å². The van der Waals surface area contributed by atoms with Crippen molar-refractivity contribution in [1.29, 1.82) is 0 Å². The number of ether oxygens (including phenoxy) is 1. The van der Waals surface area contributed by atoms with E-state index in [1.165, 1.54) is 43.5 Å². The predicted molar refractivity (Wildman–Crippen MR) is 114 cm³/mol. The molecule has 0 bridgehead atoms. The Bertz CT molecular complexity index is 1080. The Morgan fingerprint density at radius 1 is 1.10 bits per heavy atom. The molecule has 0 aliphatic carbocycles. The molecule has 0 spiro atoms. The molecule has 1 heterocycles. The third-order valence-corrected chi connectivity index (χ3v) is 7.70. The predicted octanol–water partition coefficient (Wildman–Crippen LogP) is 3.35. The molecule has 1 unspecified atom stereocenters. The van der Waals surface area contributed by atoms with E-state index >= 15 is 0 Å². The third kappa shape index (κ3) is 4.20. The van der Waals surface area contributed by atoms with Crippen LogP contribution in [0.3, 0.4) is 0 Å². The number of nitrogens with zero attached hydrogens (tertiary/aromatic N) is 2. The van der Waals surface area contributed by atoms with E-state index in [2.05, 4.69) is 0 Å². The van der Waals surface area contributed by atoms with E-state index in [-0.39, 0.29) is 17.0 Å². The van der Waals surface area contributed by atoms with Crippen molar-refractivity contribution in [2.45, 2.75) is 50.1 Å². The first-order chi connectivity index (χ1) is 14.5. The molecule has 1 aliphatic rings. The van der Waals surface area contributed by atoms with Gasteiger partial charge >= 0.3 is 0 Å². The van der Waals surface area contributed by atoms with Crippen LogP contribution in [0, 0.1) is 5.82 Å². The summed E-state index contributed by atoms with van der Waals surface area (Å²) in [5, 5.41) is 0. The summed E-state index contributed by atoms with van der Waals surface area (Å²) in [6.07, 6.45) is 0.117. The average Bonchev–Trinajstić information content (AvgIpc) is 3.02. The highest BCUT2D eigenvalue weighted by atomic mass is 32.2. The Kier molecular flexibility index (Phi) is 6.20. The van der Waals surface area contributed by atoms with Gasteiger partial charge in [0.15, 0.2) is 0 Å². The summed E-state index contributed by atoms with van der Waals surface area (Å²) < 4.78 is 46.7. The Morgan fingerprint density at radius 2 is 1.68 bits per heavy atom. The lowest BCUT2D eigenvalue weighted by Crippen LogP contribution is -2.55. The number of hydrogen-bond donors (Lipinski definition) is 0. The molecule has 9 heteroatoms. The Labute approximate surface area is 181 Å². The van der Waals surface area contributed by atoms with Crippen LogP contribution < -0.4 is 9.64 Å². The second-order valence-corrected chi connectivity index (χ2v) is 9.72. The van der Waals surface area contributed by atoms with Gasteiger partial charge in [-0.25, -0.2) is 17.7 Å². The number of halogens is 1. The molecular formula is C22H25FN2O5S. The van der Waals surface area contributed by atoms with E-state index in [1.54, 1.807) is 13.8 Å². The third-order valence-electron chi connectivity index (χ3n) is 5.57. The van der Waals surface area contributed by atoms with E-state index in [0.29, 0.717) is 12.2 Å². The number of anilines is 1. The zero-order valence-corrected chi connectivity index (χ0v) is 18.6. The molecule has 0 saturated carbocycles. The molecule has 1 fully saturated rings. The van der Waals surface area contributed by atoms with Crippen LogP contribution in [0.2, 0.25) is 0 Å². The van der Waals surface area contributed by atoms with Crippen molar-refractivity contribution >= 4 is 27.5 Å². The Hall–Kier alpha value is -2.78. The van der Waals surface area contributed by atoms with E-state index in [4.69, 9.17) is 4.74 Å². The highest BCUT2D eigenvalue weighted by Gasteiger charge is 2.51. The molecule has 1 aliphatic heterocycles. The van der Waals surface area contributed by atoms with E-state index in [1.807, 2.05) is 6.92 Å². The van der Waals surface area contributed by atoms with Crippen molar-refractivity contribution in [3.8, 4) is 5.75 Å². The number of carbonyl (C=O) groups is 2. The lowest BCUT2D eigenvalue weighted by atomic mass is 10.00. The van der Waals surface area contributed by atoms with Crippen molar-refractivity contribution < 1.29 is 27.1 Å². The second kappa shape index (κ2) is 8.39. The number of hydrogen-bond acceptors (Lipinski definition) is 5. The summed E-state index contributed by atoms with van der Waals surface area (Å²) in [6, 6.07) is 9.59. The summed E-state index contributed by atoms with van der Waals surface area (Å²) in [7, 11) is -2.65. The van der Waals surface area contributed by atoms with Gasteiger partial charge in [0, 0.05) is 5.54 Å². The lowest BCUT2D eigenvalue weighted by molar-refractivity contribution is -0.122. The van der Waals surface area contributed by atoms with Crippen molar-refractivity contribution in [3.05, 3.63) is 54.3 Å². The van der Waals surface area contributed by atoms with Crippen LogP contribution in [0.5, 0.6) is 5.75 Å². The van der Waals surface area contributed by atoms with Gasteiger partial charge in [-0.3, -0.25) is 9.59 Å². The first-order valence-corrected chi connectivity index (χ1v) is 11.3. The van der Waals surface area contributed by atoms with Gasteiger partial charge in [0.1, 0.15) is 17.6 Å². The zero-order valence-electron chi connectivity index (χ0n) is 17.8. The normalized spacial score (nSPS) is 17.5. The monoisotopic (exact) mass is 448 g/mol. The maximum atomic E-state index is 13.6. The average molecular weight is 449 g/mol. The van der Waals surface area contributed by atoms with E-state index in [0.717, 1.165) is 21.3 Å². The van der Waals surface area contributed by atoms with Gasteiger partial charge in [-0.05, 0) is 68.8 Å². The minimum Gasteiger partial charge on any atom is -0.497 e. The van der Waals surface area contributed by atoms with Gasteiger partial charge in [-0.15, -0.1) is 0 Å². The fourth-order valence-electron chi connectivity index (χ4n) is 3.59. The molecule has 7 nitrogen and oxygen atoms in total. The molecule has 2 aromatic rings. The van der Waals surface area contributed by atoms with Crippen LogP contribution >= 0.6 is 0 Å². The molecule has 1 saturated heterocycles. The second-order valence-electron chi connectivity index (χ2n) is 7.91. The van der Waals surface area contributed by atoms with Gasteiger partial charge in [0.2, 0.25) is 15.9 Å². The smallest absolute Gasteiger partial charge is 0.252 e. The SMILES string of the molecule is CCC(C)(C)N(C1CC(=O)N(c2ccc(F)cc2)C1=O)S(=O)(=O)c1ccc(OC)cc1. The number of benzene rings is 2. The molecular weight excluding hydrogens is 423 g/mol. The molecule has 3 rings (SSSR count). The largest absolute Gasteiger partial charge is 0.497 e. The first kappa shape index (κ1) is 22.9. The minimum atomic E-state index is -4.13. The van der Waals surface area contributed by atoms with Crippen LogP contribution in [-0.2, 0) is 19.6 Å². The molecule has 0 radical (unpaired) electrons. The Balaban J connectivity index is 2.06. The summed E-state index contributed by atoms with van der Waals surface area (Å²) in [5.41, 5.74) is -0.743. The maximum absolute atomic E-state index is 13.6. The van der Waals surface area contributed by atoms with Crippen LogP contribution in [0.4, 0.5) is 10.1 Å². The Morgan fingerprint density at radius 3 is 2.19 bits per heavy atom. The number of amides is 2. The van der Waals surface area contributed by atoms with Crippen LogP contribution in [0.1, 0.15) is 33.6 Å².